The molecule has 1 aromatic carbocycles. The van der Waals surface area contributed by atoms with Crippen molar-refractivity contribution >= 4 is 5.91 Å². The van der Waals surface area contributed by atoms with Crippen LogP contribution in [0.4, 0.5) is 0 Å². The minimum absolute atomic E-state index is 0.0311. The van der Waals surface area contributed by atoms with E-state index >= 15 is 0 Å². The lowest BCUT2D eigenvalue weighted by Gasteiger charge is -2.16. The summed E-state index contributed by atoms with van der Waals surface area (Å²) in [6.45, 7) is 2.64. The van der Waals surface area contributed by atoms with Gasteiger partial charge >= 0.3 is 0 Å². The van der Waals surface area contributed by atoms with E-state index in [4.69, 9.17) is 10.5 Å². The van der Waals surface area contributed by atoms with Crippen LogP contribution in [0.3, 0.4) is 0 Å². The highest BCUT2D eigenvalue weighted by Gasteiger charge is 2.10. The summed E-state index contributed by atoms with van der Waals surface area (Å²) in [5, 5.41) is 2.99. The molecule has 0 fully saturated rings. The summed E-state index contributed by atoms with van der Waals surface area (Å²) in [5.41, 5.74) is 6.46. The van der Waals surface area contributed by atoms with Gasteiger partial charge in [-0.3, -0.25) is 4.79 Å². The van der Waals surface area contributed by atoms with Crippen LogP contribution in [-0.2, 0) is 11.2 Å². The van der Waals surface area contributed by atoms with Gasteiger partial charge in [0.1, 0.15) is 5.75 Å². The van der Waals surface area contributed by atoms with E-state index in [-0.39, 0.29) is 11.9 Å². The smallest absolute Gasteiger partial charge is 0.224 e. The van der Waals surface area contributed by atoms with Crippen LogP contribution in [-0.4, -0.2) is 25.6 Å². The van der Waals surface area contributed by atoms with Crippen LogP contribution in [0.15, 0.2) is 24.3 Å². The fourth-order valence-corrected chi connectivity index (χ4v) is 1.83. The van der Waals surface area contributed by atoms with E-state index in [1.807, 2.05) is 31.2 Å². The molecule has 1 aromatic rings. The number of amides is 1. The zero-order chi connectivity index (χ0) is 13.4. The molecule has 0 aliphatic heterocycles. The third-order valence-corrected chi connectivity index (χ3v) is 2.87. The summed E-state index contributed by atoms with van der Waals surface area (Å²) in [6.07, 6.45) is 2.10. The summed E-state index contributed by atoms with van der Waals surface area (Å²) in [5.74, 6) is 0.804. The number of carbonyl (C=O) groups is 1. The molecule has 1 amide bonds. The van der Waals surface area contributed by atoms with Gasteiger partial charge in [0.05, 0.1) is 13.5 Å². The number of nitrogens with two attached hydrogens (primary N) is 1. The molecule has 4 nitrogen and oxygen atoms in total. The molecule has 100 valence electrons. The van der Waals surface area contributed by atoms with Crippen LogP contribution in [0.2, 0.25) is 0 Å². The molecule has 3 N–H and O–H groups in total. The summed E-state index contributed by atoms with van der Waals surface area (Å²) < 4.78 is 5.13. The van der Waals surface area contributed by atoms with Crippen molar-refractivity contribution in [2.45, 2.75) is 32.2 Å². The largest absolute Gasteiger partial charge is 0.497 e. The molecule has 0 aliphatic carbocycles. The normalized spacial score (nSPS) is 11.9. The number of benzene rings is 1. The van der Waals surface area contributed by atoms with E-state index < -0.39 is 0 Å². The van der Waals surface area contributed by atoms with Gasteiger partial charge in [-0.15, -0.1) is 0 Å². The minimum Gasteiger partial charge on any atom is -0.497 e. The van der Waals surface area contributed by atoms with Gasteiger partial charge in [0.15, 0.2) is 0 Å². The average molecular weight is 250 g/mol. The van der Waals surface area contributed by atoms with Crippen molar-refractivity contribution in [3.05, 3.63) is 29.8 Å². The van der Waals surface area contributed by atoms with Crippen molar-refractivity contribution in [3.63, 3.8) is 0 Å². The van der Waals surface area contributed by atoms with Gasteiger partial charge < -0.3 is 15.8 Å². The van der Waals surface area contributed by atoms with Crippen molar-refractivity contribution in [1.29, 1.82) is 0 Å². The Morgan fingerprint density at radius 2 is 2.28 bits per heavy atom. The van der Waals surface area contributed by atoms with Gasteiger partial charge in [-0.25, -0.2) is 0 Å². The summed E-state index contributed by atoms with van der Waals surface area (Å²) in [7, 11) is 1.62. The Kier molecular flexibility index (Phi) is 6.22. The van der Waals surface area contributed by atoms with Gasteiger partial charge in [0.2, 0.25) is 5.91 Å². The quantitative estimate of drug-likeness (QED) is 0.770. The van der Waals surface area contributed by atoms with Gasteiger partial charge in [-0.05, 0) is 37.1 Å². The predicted octanol–water partition coefficient (Wildman–Crippen LogP) is 1.48. The van der Waals surface area contributed by atoms with E-state index in [0.717, 1.165) is 24.2 Å². The monoisotopic (exact) mass is 250 g/mol. The highest BCUT2D eigenvalue weighted by atomic mass is 16.5. The van der Waals surface area contributed by atoms with Crippen molar-refractivity contribution in [3.8, 4) is 5.75 Å². The number of carbonyl (C=O) groups excluding carboxylic acids is 1. The van der Waals surface area contributed by atoms with Crippen LogP contribution in [0, 0.1) is 0 Å². The van der Waals surface area contributed by atoms with Crippen LogP contribution < -0.4 is 15.8 Å². The van der Waals surface area contributed by atoms with Crippen LogP contribution >= 0.6 is 0 Å². The maximum absolute atomic E-state index is 11.9. The van der Waals surface area contributed by atoms with Crippen LogP contribution in [0.5, 0.6) is 5.75 Å². The van der Waals surface area contributed by atoms with E-state index in [1.54, 1.807) is 7.11 Å². The number of hydrogen-bond donors (Lipinski definition) is 2. The van der Waals surface area contributed by atoms with Gasteiger partial charge in [-0.2, -0.15) is 0 Å². The second-order valence-corrected chi connectivity index (χ2v) is 4.28. The molecule has 0 aliphatic rings. The number of rotatable bonds is 7. The highest BCUT2D eigenvalue weighted by Crippen LogP contribution is 2.13. The molecule has 1 unspecified atom stereocenters. The van der Waals surface area contributed by atoms with Gasteiger partial charge in [0, 0.05) is 6.04 Å². The Morgan fingerprint density at radius 3 is 2.89 bits per heavy atom. The maximum atomic E-state index is 11.9. The predicted molar refractivity (Wildman–Crippen MR) is 72.6 cm³/mol. The van der Waals surface area contributed by atoms with Crippen molar-refractivity contribution in [2.24, 2.45) is 5.73 Å². The number of hydrogen-bond acceptors (Lipinski definition) is 3. The highest BCUT2D eigenvalue weighted by molar-refractivity contribution is 5.78. The molecule has 0 heterocycles. The van der Waals surface area contributed by atoms with E-state index in [0.29, 0.717) is 13.0 Å². The Morgan fingerprint density at radius 1 is 1.50 bits per heavy atom. The lowest BCUT2D eigenvalue weighted by atomic mass is 10.1. The molecule has 0 spiro atoms. The van der Waals surface area contributed by atoms with Crippen molar-refractivity contribution in [2.75, 3.05) is 13.7 Å². The first-order valence-electron chi connectivity index (χ1n) is 6.32. The van der Waals surface area contributed by atoms with Crippen LogP contribution in [0.1, 0.15) is 25.3 Å². The van der Waals surface area contributed by atoms with E-state index in [9.17, 15) is 4.79 Å². The molecule has 0 bridgehead atoms. The summed E-state index contributed by atoms with van der Waals surface area (Å²) in [4.78, 5) is 11.9. The summed E-state index contributed by atoms with van der Waals surface area (Å²) >= 11 is 0. The third kappa shape index (κ3) is 4.75. The summed E-state index contributed by atoms with van der Waals surface area (Å²) in [6, 6.07) is 7.73. The zero-order valence-corrected chi connectivity index (χ0v) is 11.1. The van der Waals surface area contributed by atoms with E-state index in [1.165, 1.54) is 0 Å². The second kappa shape index (κ2) is 7.71. The van der Waals surface area contributed by atoms with Crippen LogP contribution in [0.25, 0.3) is 0 Å². The Bertz CT molecular complexity index is 380. The minimum atomic E-state index is 0.0311. The average Bonchev–Trinajstić information content (AvgIpc) is 2.38. The fraction of sp³-hybridized carbons (Fsp3) is 0.500. The Labute approximate surface area is 109 Å². The molecule has 0 saturated heterocycles. The molecule has 0 aromatic heterocycles. The molecule has 0 radical (unpaired) electrons. The zero-order valence-electron chi connectivity index (χ0n) is 11.1. The second-order valence-electron chi connectivity index (χ2n) is 4.28. The number of methoxy groups -OCH3 is 1. The molecular weight excluding hydrogens is 228 g/mol. The lowest BCUT2D eigenvalue weighted by Crippen LogP contribution is -2.36. The molecular formula is C14H22N2O2. The SMILES string of the molecule is CCC(CCN)NC(=O)Cc1cccc(OC)c1. The molecule has 1 atom stereocenters. The molecule has 0 saturated carbocycles. The van der Waals surface area contributed by atoms with E-state index in [2.05, 4.69) is 5.32 Å². The first-order chi connectivity index (χ1) is 8.69. The standard InChI is InChI=1S/C14H22N2O2/c1-3-12(7-8-15)16-14(17)10-11-5-4-6-13(9-11)18-2/h4-6,9,12H,3,7-8,10,15H2,1-2H3,(H,16,17). The van der Waals surface area contributed by atoms with Gasteiger partial charge in [0.25, 0.3) is 0 Å². The molecule has 18 heavy (non-hydrogen) atoms. The van der Waals surface area contributed by atoms with Crippen molar-refractivity contribution < 1.29 is 9.53 Å². The first kappa shape index (κ1) is 14.5. The first-order valence-corrected chi connectivity index (χ1v) is 6.32. The van der Waals surface area contributed by atoms with Crippen molar-refractivity contribution in [1.82, 2.24) is 5.32 Å². The Hall–Kier alpha value is -1.55. The van der Waals surface area contributed by atoms with Gasteiger partial charge in [-0.1, -0.05) is 19.1 Å². The number of nitrogens with one attached hydrogen (secondary N) is 1. The molecule has 4 heteroatoms. The fourth-order valence-electron chi connectivity index (χ4n) is 1.83. The number of ether oxygens (including phenoxy) is 1. The maximum Gasteiger partial charge on any atom is 0.224 e. The molecule has 1 rings (SSSR count). The lowest BCUT2D eigenvalue weighted by molar-refractivity contribution is -0.121. The topological polar surface area (TPSA) is 64.3 Å². The Balaban J connectivity index is 2.52. The third-order valence-electron chi connectivity index (χ3n) is 2.87.